The predicted octanol–water partition coefficient (Wildman–Crippen LogP) is 0.507. The molecule has 0 spiro atoms. The highest BCUT2D eigenvalue weighted by Gasteiger charge is 2.34. The van der Waals surface area contributed by atoms with Crippen molar-refractivity contribution in [1.82, 2.24) is 10.2 Å². The maximum atomic E-state index is 11.6. The Morgan fingerprint density at radius 2 is 2.43 bits per heavy atom. The molecule has 0 aromatic heterocycles. The molecule has 80 valence electrons. The zero-order valence-electron chi connectivity index (χ0n) is 8.42. The third-order valence-corrected chi connectivity index (χ3v) is 3.22. The lowest BCUT2D eigenvalue weighted by atomic mass is 10.3. The highest BCUT2D eigenvalue weighted by molar-refractivity contribution is 9.10. The smallest absolute Gasteiger partial charge is 0.242 e. The summed E-state index contributed by atoms with van der Waals surface area (Å²) in [6.45, 7) is 4.88. The van der Waals surface area contributed by atoms with E-state index in [1.807, 2.05) is 6.92 Å². The summed E-state index contributed by atoms with van der Waals surface area (Å²) < 4.78 is 0. The fourth-order valence-electron chi connectivity index (χ4n) is 1.51. The van der Waals surface area contributed by atoms with Crippen LogP contribution in [0.3, 0.4) is 0 Å². The van der Waals surface area contributed by atoms with Gasteiger partial charge < -0.3 is 10.2 Å². The van der Waals surface area contributed by atoms with Crippen LogP contribution in [-0.2, 0) is 9.59 Å². The first-order chi connectivity index (χ1) is 6.57. The number of halogens is 1. The van der Waals surface area contributed by atoms with Crippen molar-refractivity contribution in [3.8, 4) is 0 Å². The first-order valence-corrected chi connectivity index (χ1v) is 5.71. The number of nitrogens with one attached hydrogen (secondary N) is 1. The third-order valence-electron chi connectivity index (χ3n) is 2.37. The molecular formula is C9H15BrN2O2. The molecular weight excluding hydrogens is 248 g/mol. The molecule has 5 heteroatoms. The summed E-state index contributed by atoms with van der Waals surface area (Å²) in [5.74, 6) is -0.0637. The van der Waals surface area contributed by atoms with Crippen molar-refractivity contribution in [3.63, 3.8) is 0 Å². The van der Waals surface area contributed by atoms with E-state index in [-0.39, 0.29) is 22.7 Å². The monoisotopic (exact) mass is 262 g/mol. The van der Waals surface area contributed by atoms with Crippen molar-refractivity contribution < 1.29 is 9.59 Å². The van der Waals surface area contributed by atoms with E-state index >= 15 is 0 Å². The Balaban J connectivity index is 2.57. The standard InChI is InChI=1S/C9H15BrN2O2/c1-3-11-8(13)6(2)12-5-4-7(10)9(12)14/h6-7H,3-5H2,1-2H3,(H,11,13). The second-order valence-electron chi connectivity index (χ2n) is 3.36. The summed E-state index contributed by atoms with van der Waals surface area (Å²) in [5, 5.41) is 2.71. The number of rotatable bonds is 3. The number of alkyl halides is 1. The molecule has 2 amide bonds. The van der Waals surface area contributed by atoms with Gasteiger partial charge in [0.2, 0.25) is 11.8 Å². The van der Waals surface area contributed by atoms with Gasteiger partial charge in [-0.2, -0.15) is 0 Å². The number of hydrogen-bond acceptors (Lipinski definition) is 2. The Morgan fingerprint density at radius 3 is 2.86 bits per heavy atom. The number of nitrogens with zero attached hydrogens (tertiary/aromatic N) is 1. The van der Waals surface area contributed by atoms with Crippen LogP contribution in [0.5, 0.6) is 0 Å². The van der Waals surface area contributed by atoms with E-state index in [0.29, 0.717) is 13.1 Å². The van der Waals surface area contributed by atoms with Crippen LogP contribution < -0.4 is 5.32 Å². The van der Waals surface area contributed by atoms with E-state index < -0.39 is 0 Å². The van der Waals surface area contributed by atoms with E-state index in [1.54, 1.807) is 11.8 Å². The van der Waals surface area contributed by atoms with Gasteiger partial charge in [0.25, 0.3) is 0 Å². The number of likely N-dealkylation sites (N-methyl/N-ethyl adjacent to an activating group) is 1. The van der Waals surface area contributed by atoms with Gasteiger partial charge in [-0.3, -0.25) is 9.59 Å². The van der Waals surface area contributed by atoms with E-state index in [0.717, 1.165) is 6.42 Å². The molecule has 14 heavy (non-hydrogen) atoms. The molecule has 1 N–H and O–H groups in total. The Labute approximate surface area is 92.2 Å². The summed E-state index contributed by atoms with van der Waals surface area (Å²) >= 11 is 3.28. The van der Waals surface area contributed by atoms with Gasteiger partial charge >= 0.3 is 0 Å². The number of amides is 2. The van der Waals surface area contributed by atoms with Crippen LogP contribution in [0.2, 0.25) is 0 Å². The maximum absolute atomic E-state index is 11.6. The lowest BCUT2D eigenvalue weighted by Crippen LogP contribution is -2.46. The van der Waals surface area contributed by atoms with Gasteiger partial charge in [0.1, 0.15) is 6.04 Å². The topological polar surface area (TPSA) is 49.4 Å². The third kappa shape index (κ3) is 2.26. The fourth-order valence-corrected chi connectivity index (χ4v) is 1.98. The molecule has 2 atom stereocenters. The van der Waals surface area contributed by atoms with Crippen molar-refractivity contribution in [2.75, 3.05) is 13.1 Å². The summed E-state index contributed by atoms with van der Waals surface area (Å²) in [5.41, 5.74) is 0. The number of likely N-dealkylation sites (tertiary alicyclic amines) is 1. The van der Waals surface area contributed by atoms with Crippen LogP contribution in [0.15, 0.2) is 0 Å². The zero-order chi connectivity index (χ0) is 10.7. The number of hydrogen-bond donors (Lipinski definition) is 1. The van der Waals surface area contributed by atoms with Gasteiger partial charge in [-0.1, -0.05) is 15.9 Å². The minimum atomic E-state index is -0.356. The van der Waals surface area contributed by atoms with E-state index in [2.05, 4.69) is 21.2 Å². The highest BCUT2D eigenvalue weighted by Crippen LogP contribution is 2.20. The Kier molecular flexibility index (Phi) is 3.92. The molecule has 1 fully saturated rings. The highest BCUT2D eigenvalue weighted by atomic mass is 79.9. The predicted molar refractivity (Wildman–Crippen MR) is 57.2 cm³/mol. The van der Waals surface area contributed by atoms with Crippen LogP contribution in [-0.4, -0.2) is 40.7 Å². The molecule has 2 unspecified atom stereocenters. The SMILES string of the molecule is CCNC(=O)C(C)N1CCC(Br)C1=O. The molecule has 1 aliphatic rings. The fraction of sp³-hybridized carbons (Fsp3) is 0.778. The summed E-state index contributed by atoms with van der Waals surface area (Å²) in [6, 6.07) is -0.356. The summed E-state index contributed by atoms with van der Waals surface area (Å²) in [6.07, 6.45) is 0.780. The number of carbonyl (C=O) groups is 2. The molecule has 0 aromatic rings. The minimum Gasteiger partial charge on any atom is -0.355 e. The molecule has 1 heterocycles. The van der Waals surface area contributed by atoms with Crippen molar-refractivity contribution in [2.45, 2.75) is 31.1 Å². The first-order valence-electron chi connectivity index (χ1n) is 4.80. The molecule has 1 rings (SSSR count). The van der Waals surface area contributed by atoms with Gasteiger partial charge in [-0.15, -0.1) is 0 Å². The van der Waals surface area contributed by atoms with E-state index in [4.69, 9.17) is 0 Å². The van der Waals surface area contributed by atoms with E-state index in [9.17, 15) is 9.59 Å². The molecule has 4 nitrogen and oxygen atoms in total. The van der Waals surface area contributed by atoms with Gasteiger partial charge in [0, 0.05) is 13.1 Å². The van der Waals surface area contributed by atoms with Crippen LogP contribution >= 0.6 is 15.9 Å². The van der Waals surface area contributed by atoms with E-state index in [1.165, 1.54) is 0 Å². The Bertz CT molecular complexity index is 245. The van der Waals surface area contributed by atoms with Crippen molar-refractivity contribution in [3.05, 3.63) is 0 Å². The average molecular weight is 263 g/mol. The van der Waals surface area contributed by atoms with Crippen LogP contribution in [0.4, 0.5) is 0 Å². The molecule has 0 aromatic carbocycles. The molecule has 0 radical (unpaired) electrons. The lowest BCUT2D eigenvalue weighted by Gasteiger charge is -2.23. The normalized spacial score (nSPS) is 23.8. The number of carbonyl (C=O) groups excluding carboxylic acids is 2. The molecule has 0 saturated carbocycles. The summed E-state index contributed by atoms with van der Waals surface area (Å²) in [7, 11) is 0. The second-order valence-corrected chi connectivity index (χ2v) is 4.46. The molecule has 0 bridgehead atoms. The Hall–Kier alpha value is -0.580. The van der Waals surface area contributed by atoms with Gasteiger partial charge in [0.15, 0.2) is 0 Å². The minimum absolute atomic E-state index is 0.0174. The molecule has 1 saturated heterocycles. The average Bonchev–Trinajstić information content (AvgIpc) is 2.47. The van der Waals surface area contributed by atoms with Crippen molar-refractivity contribution in [2.24, 2.45) is 0 Å². The van der Waals surface area contributed by atoms with Crippen LogP contribution in [0.25, 0.3) is 0 Å². The largest absolute Gasteiger partial charge is 0.355 e. The second kappa shape index (κ2) is 4.77. The zero-order valence-corrected chi connectivity index (χ0v) is 10.0. The Morgan fingerprint density at radius 1 is 1.79 bits per heavy atom. The quantitative estimate of drug-likeness (QED) is 0.754. The van der Waals surface area contributed by atoms with Gasteiger partial charge in [-0.25, -0.2) is 0 Å². The van der Waals surface area contributed by atoms with Gasteiger partial charge in [0.05, 0.1) is 4.83 Å². The van der Waals surface area contributed by atoms with Crippen molar-refractivity contribution in [1.29, 1.82) is 0 Å². The molecule has 1 aliphatic heterocycles. The van der Waals surface area contributed by atoms with Crippen LogP contribution in [0.1, 0.15) is 20.3 Å². The first kappa shape index (κ1) is 11.5. The lowest BCUT2D eigenvalue weighted by molar-refractivity contribution is -0.136. The van der Waals surface area contributed by atoms with Crippen LogP contribution in [0, 0.1) is 0 Å². The summed E-state index contributed by atoms with van der Waals surface area (Å²) in [4.78, 5) is 24.5. The maximum Gasteiger partial charge on any atom is 0.242 e. The van der Waals surface area contributed by atoms with Gasteiger partial charge in [-0.05, 0) is 20.3 Å². The van der Waals surface area contributed by atoms with Crippen molar-refractivity contribution >= 4 is 27.7 Å². The molecule has 0 aliphatic carbocycles.